The first-order valence-electron chi connectivity index (χ1n) is 6.88. The number of rotatable bonds is 1. The Labute approximate surface area is 108 Å². The van der Waals surface area contributed by atoms with Crippen LogP contribution in [0.25, 0.3) is 0 Å². The summed E-state index contributed by atoms with van der Waals surface area (Å²) in [6.45, 7) is 6.17. The van der Waals surface area contributed by atoms with Crippen LogP contribution < -0.4 is 10.6 Å². The maximum absolute atomic E-state index is 6.05. The maximum atomic E-state index is 6.05. The van der Waals surface area contributed by atoms with Crippen LogP contribution in [-0.4, -0.2) is 35.4 Å². The average Bonchev–Trinajstić information content (AvgIpc) is 2.72. The van der Waals surface area contributed by atoms with Gasteiger partial charge in [-0.1, -0.05) is 0 Å². The molecule has 0 bridgehead atoms. The zero-order valence-electron chi connectivity index (χ0n) is 11.1. The summed E-state index contributed by atoms with van der Waals surface area (Å²) >= 11 is 0. The predicted molar refractivity (Wildman–Crippen MR) is 70.7 cm³/mol. The Hall–Kier alpha value is -1.07. The smallest absolute Gasteiger partial charge is 0.156 e. The third-order valence-corrected chi connectivity index (χ3v) is 3.95. The van der Waals surface area contributed by atoms with Crippen LogP contribution in [0.5, 0.6) is 0 Å². The molecule has 1 fully saturated rings. The van der Waals surface area contributed by atoms with Crippen molar-refractivity contribution in [3.8, 4) is 0 Å². The van der Waals surface area contributed by atoms with Gasteiger partial charge in [-0.15, -0.1) is 0 Å². The number of anilines is 1. The van der Waals surface area contributed by atoms with Gasteiger partial charge in [0.1, 0.15) is 0 Å². The molecule has 3 unspecified atom stereocenters. The van der Waals surface area contributed by atoms with Crippen LogP contribution in [0.1, 0.15) is 44.1 Å². The van der Waals surface area contributed by atoms with E-state index in [4.69, 9.17) is 10.5 Å². The number of aromatic amines is 1. The number of piperidine rings is 1. The van der Waals surface area contributed by atoms with E-state index in [-0.39, 0.29) is 18.2 Å². The number of hydrogen-bond donors (Lipinski definition) is 2. The highest BCUT2D eigenvalue weighted by Gasteiger charge is 2.30. The standard InChI is InChI=1S/C13H22N4O/c1-8-6-11-12(9(2)18-8)13(16-15-11)17-5-3-4-10(14)7-17/h8-10H,3-7,14H2,1-2H3,(H,15,16). The number of nitrogens with two attached hydrogens (primary N) is 1. The average molecular weight is 250 g/mol. The summed E-state index contributed by atoms with van der Waals surface area (Å²) in [7, 11) is 0. The molecule has 1 aromatic heterocycles. The van der Waals surface area contributed by atoms with Gasteiger partial charge < -0.3 is 15.4 Å². The van der Waals surface area contributed by atoms with E-state index < -0.39 is 0 Å². The Morgan fingerprint density at radius 3 is 3.06 bits per heavy atom. The van der Waals surface area contributed by atoms with E-state index in [0.29, 0.717) is 0 Å². The molecule has 0 radical (unpaired) electrons. The van der Waals surface area contributed by atoms with Gasteiger partial charge in [0.15, 0.2) is 5.82 Å². The number of nitrogens with one attached hydrogen (secondary N) is 1. The van der Waals surface area contributed by atoms with Gasteiger partial charge in [0.05, 0.1) is 12.2 Å². The Kier molecular flexibility index (Phi) is 3.03. The van der Waals surface area contributed by atoms with Gasteiger partial charge in [-0.3, -0.25) is 5.10 Å². The van der Waals surface area contributed by atoms with Gasteiger partial charge in [0.2, 0.25) is 0 Å². The van der Waals surface area contributed by atoms with Crippen LogP contribution in [0.4, 0.5) is 5.82 Å². The molecule has 0 aliphatic carbocycles. The molecule has 100 valence electrons. The molecule has 3 atom stereocenters. The zero-order valence-corrected chi connectivity index (χ0v) is 11.1. The molecule has 18 heavy (non-hydrogen) atoms. The fraction of sp³-hybridized carbons (Fsp3) is 0.769. The molecule has 3 rings (SSSR count). The lowest BCUT2D eigenvalue weighted by Gasteiger charge is -2.33. The van der Waals surface area contributed by atoms with Crippen LogP contribution in [-0.2, 0) is 11.2 Å². The second kappa shape index (κ2) is 4.55. The Balaban J connectivity index is 1.89. The maximum Gasteiger partial charge on any atom is 0.156 e. The largest absolute Gasteiger partial charge is 0.370 e. The zero-order chi connectivity index (χ0) is 12.7. The van der Waals surface area contributed by atoms with E-state index >= 15 is 0 Å². The van der Waals surface area contributed by atoms with Crippen molar-refractivity contribution in [3.63, 3.8) is 0 Å². The minimum atomic E-state index is 0.121. The summed E-state index contributed by atoms with van der Waals surface area (Å²) in [4.78, 5) is 2.30. The van der Waals surface area contributed by atoms with Crippen molar-refractivity contribution in [1.82, 2.24) is 10.2 Å². The highest BCUT2D eigenvalue weighted by molar-refractivity contribution is 5.51. The first-order chi connectivity index (χ1) is 8.65. The van der Waals surface area contributed by atoms with Crippen LogP contribution in [0.3, 0.4) is 0 Å². The molecule has 0 spiro atoms. The van der Waals surface area contributed by atoms with Crippen molar-refractivity contribution in [2.24, 2.45) is 5.73 Å². The fourth-order valence-corrected chi connectivity index (χ4v) is 3.15. The van der Waals surface area contributed by atoms with Crippen LogP contribution in [0, 0.1) is 0 Å². The molecule has 2 aliphatic heterocycles. The molecule has 0 amide bonds. The summed E-state index contributed by atoms with van der Waals surface area (Å²) < 4.78 is 5.91. The Morgan fingerprint density at radius 2 is 2.28 bits per heavy atom. The molecule has 3 N–H and O–H groups in total. The van der Waals surface area contributed by atoms with E-state index in [9.17, 15) is 0 Å². The highest BCUT2D eigenvalue weighted by Crippen LogP contribution is 2.36. The Morgan fingerprint density at radius 1 is 1.44 bits per heavy atom. The number of H-pyrrole nitrogens is 1. The molecule has 1 saturated heterocycles. The van der Waals surface area contributed by atoms with Gasteiger partial charge in [-0.05, 0) is 26.7 Å². The highest BCUT2D eigenvalue weighted by atomic mass is 16.5. The summed E-state index contributed by atoms with van der Waals surface area (Å²) in [6.07, 6.45) is 3.58. The minimum Gasteiger partial charge on any atom is -0.370 e. The molecule has 5 heteroatoms. The molecule has 0 saturated carbocycles. The van der Waals surface area contributed by atoms with E-state index in [0.717, 1.165) is 38.2 Å². The fourth-order valence-electron chi connectivity index (χ4n) is 3.15. The van der Waals surface area contributed by atoms with Crippen LogP contribution >= 0.6 is 0 Å². The third kappa shape index (κ3) is 2.01. The van der Waals surface area contributed by atoms with Crippen LogP contribution in [0.2, 0.25) is 0 Å². The summed E-state index contributed by atoms with van der Waals surface area (Å²) in [6, 6.07) is 0.268. The number of hydrogen-bond acceptors (Lipinski definition) is 4. The molecule has 3 heterocycles. The van der Waals surface area contributed by atoms with Crippen molar-refractivity contribution in [2.45, 2.75) is 51.4 Å². The normalized spacial score (nSPS) is 32.4. The second-order valence-corrected chi connectivity index (χ2v) is 5.58. The summed E-state index contributed by atoms with van der Waals surface area (Å²) in [5.74, 6) is 1.06. The van der Waals surface area contributed by atoms with E-state index in [1.54, 1.807) is 0 Å². The van der Waals surface area contributed by atoms with Gasteiger partial charge in [-0.25, -0.2) is 0 Å². The van der Waals surface area contributed by atoms with Gasteiger partial charge in [-0.2, -0.15) is 5.10 Å². The molecule has 5 nitrogen and oxygen atoms in total. The topological polar surface area (TPSA) is 67.2 Å². The van der Waals surface area contributed by atoms with Crippen LogP contribution in [0.15, 0.2) is 0 Å². The second-order valence-electron chi connectivity index (χ2n) is 5.58. The Bertz CT molecular complexity index is 431. The first-order valence-corrected chi connectivity index (χ1v) is 6.88. The van der Waals surface area contributed by atoms with Crippen molar-refractivity contribution in [1.29, 1.82) is 0 Å². The van der Waals surface area contributed by atoms with E-state index in [1.165, 1.54) is 11.3 Å². The first kappa shape index (κ1) is 12.0. The quantitative estimate of drug-likeness (QED) is 0.789. The van der Waals surface area contributed by atoms with E-state index in [2.05, 4.69) is 28.9 Å². The molecule has 2 aliphatic rings. The molecule has 0 aromatic carbocycles. The number of ether oxygens (including phenoxy) is 1. The summed E-state index contributed by atoms with van der Waals surface area (Å²) in [5.41, 5.74) is 8.52. The lowest BCUT2D eigenvalue weighted by molar-refractivity contribution is -0.00493. The monoisotopic (exact) mass is 250 g/mol. The van der Waals surface area contributed by atoms with Gasteiger partial charge in [0, 0.05) is 36.8 Å². The minimum absolute atomic E-state index is 0.121. The van der Waals surface area contributed by atoms with Crippen molar-refractivity contribution < 1.29 is 4.74 Å². The molecular weight excluding hydrogens is 228 g/mol. The molecule has 1 aromatic rings. The van der Waals surface area contributed by atoms with E-state index in [1.807, 2.05) is 0 Å². The SMILES string of the molecule is CC1Cc2[nH]nc(N3CCCC(N)C3)c2C(C)O1. The lowest BCUT2D eigenvalue weighted by atomic mass is 10.0. The van der Waals surface area contributed by atoms with Crippen molar-refractivity contribution >= 4 is 5.82 Å². The number of nitrogens with zero attached hydrogens (tertiary/aromatic N) is 2. The molecular formula is C13H22N4O. The van der Waals surface area contributed by atoms with Gasteiger partial charge in [0.25, 0.3) is 0 Å². The predicted octanol–water partition coefficient (Wildman–Crippen LogP) is 1.36. The number of fused-ring (bicyclic) bond motifs is 1. The number of aromatic nitrogens is 2. The van der Waals surface area contributed by atoms with Crippen molar-refractivity contribution in [3.05, 3.63) is 11.3 Å². The van der Waals surface area contributed by atoms with Crippen molar-refractivity contribution in [2.75, 3.05) is 18.0 Å². The lowest BCUT2D eigenvalue weighted by Crippen LogP contribution is -2.43. The summed E-state index contributed by atoms with van der Waals surface area (Å²) in [5, 5.41) is 7.69. The third-order valence-electron chi connectivity index (χ3n) is 3.95. The van der Waals surface area contributed by atoms with Gasteiger partial charge >= 0.3 is 0 Å².